The Labute approximate surface area is 158 Å². The van der Waals surface area contributed by atoms with E-state index < -0.39 is 18.3 Å². The van der Waals surface area contributed by atoms with Crippen LogP contribution in [0, 0.1) is 5.82 Å². The Morgan fingerprint density at radius 2 is 1.89 bits per heavy atom. The van der Waals surface area contributed by atoms with Crippen LogP contribution in [0.25, 0.3) is 22.4 Å². The molecule has 8 heteroatoms. The average Bonchev–Trinajstić information content (AvgIpc) is 3.03. The third-order valence-corrected chi connectivity index (χ3v) is 4.31. The minimum atomic E-state index is -2.98. The lowest BCUT2D eigenvalue weighted by atomic mass is 10.0. The van der Waals surface area contributed by atoms with Crippen molar-refractivity contribution in [1.82, 2.24) is 9.78 Å². The number of halogens is 3. The molecular formula is C20H16F3N3O2. The number of hydrogen-bond donors (Lipinski definition) is 1. The van der Waals surface area contributed by atoms with Gasteiger partial charge in [0.05, 0.1) is 17.6 Å². The summed E-state index contributed by atoms with van der Waals surface area (Å²) < 4.78 is 47.2. The molecule has 1 aliphatic heterocycles. The van der Waals surface area contributed by atoms with Crippen LogP contribution in [-0.4, -0.2) is 28.2 Å². The Hall–Kier alpha value is -3.29. The Kier molecular flexibility index (Phi) is 4.33. The van der Waals surface area contributed by atoms with E-state index in [0.717, 1.165) is 6.92 Å². The lowest BCUT2D eigenvalue weighted by molar-refractivity contribution is -0.118. The van der Waals surface area contributed by atoms with Crippen LogP contribution in [0.1, 0.15) is 6.92 Å². The molecule has 1 amide bonds. The van der Waals surface area contributed by atoms with Gasteiger partial charge in [0, 0.05) is 18.1 Å². The lowest BCUT2D eigenvalue weighted by Crippen LogP contribution is -2.25. The maximum absolute atomic E-state index is 13.7. The van der Waals surface area contributed by atoms with E-state index in [9.17, 15) is 18.0 Å². The normalized spacial score (nSPS) is 13.6. The van der Waals surface area contributed by atoms with Gasteiger partial charge in [0.25, 0.3) is 11.8 Å². The van der Waals surface area contributed by atoms with E-state index in [0.29, 0.717) is 33.8 Å². The van der Waals surface area contributed by atoms with Gasteiger partial charge >= 0.3 is 0 Å². The summed E-state index contributed by atoms with van der Waals surface area (Å²) in [6.45, 7) is 0.135. The Morgan fingerprint density at radius 1 is 1.18 bits per heavy atom. The molecule has 2 aromatic carbocycles. The molecule has 0 saturated heterocycles. The molecule has 3 aromatic rings. The molecule has 0 bridgehead atoms. The molecule has 1 aliphatic rings. The lowest BCUT2D eigenvalue weighted by Gasteiger charge is -2.19. The number of carbonyl (C=O) groups excluding carboxylic acids is 1. The monoisotopic (exact) mass is 387 g/mol. The van der Waals surface area contributed by atoms with Crippen molar-refractivity contribution in [2.75, 3.05) is 11.9 Å². The molecule has 28 heavy (non-hydrogen) atoms. The quantitative estimate of drug-likeness (QED) is 0.725. The number of alkyl halides is 2. The van der Waals surface area contributed by atoms with Crippen molar-refractivity contribution >= 4 is 11.6 Å². The van der Waals surface area contributed by atoms with Crippen molar-refractivity contribution < 1.29 is 22.7 Å². The number of aromatic nitrogens is 2. The highest BCUT2D eigenvalue weighted by Gasteiger charge is 2.26. The van der Waals surface area contributed by atoms with Crippen molar-refractivity contribution in [3.8, 4) is 28.1 Å². The first-order valence-electron chi connectivity index (χ1n) is 8.57. The van der Waals surface area contributed by atoms with Gasteiger partial charge in [0.15, 0.2) is 6.61 Å². The van der Waals surface area contributed by atoms with Crippen molar-refractivity contribution in [1.29, 1.82) is 0 Å². The summed E-state index contributed by atoms with van der Waals surface area (Å²) in [7, 11) is 0. The summed E-state index contributed by atoms with van der Waals surface area (Å²) in [6.07, 6.45) is 1.48. The number of hydrogen-bond acceptors (Lipinski definition) is 3. The van der Waals surface area contributed by atoms with Gasteiger partial charge in [-0.2, -0.15) is 5.10 Å². The summed E-state index contributed by atoms with van der Waals surface area (Å²) in [6, 6.07) is 10.7. The molecule has 0 aliphatic carbocycles. The number of carbonyl (C=O) groups is 1. The maximum atomic E-state index is 13.7. The molecule has 4 rings (SSSR count). The number of nitrogens with one attached hydrogen (secondary N) is 1. The minimum Gasteiger partial charge on any atom is -0.482 e. The first-order chi connectivity index (χ1) is 13.3. The molecule has 1 aromatic heterocycles. The van der Waals surface area contributed by atoms with Crippen LogP contribution in [0.5, 0.6) is 5.75 Å². The van der Waals surface area contributed by atoms with Crippen LogP contribution in [0.2, 0.25) is 0 Å². The summed E-state index contributed by atoms with van der Waals surface area (Å²) in [5, 5.41) is 6.85. The predicted molar refractivity (Wildman–Crippen MR) is 97.8 cm³/mol. The van der Waals surface area contributed by atoms with E-state index in [-0.39, 0.29) is 12.5 Å². The summed E-state index contributed by atoms with van der Waals surface area (Å²) in [4.78, 5) is 11.6. The average molecular weight is 387 g/mol. The largest absolute Gasteiger partial charge is 0.482 e. The molecule has 0 fully saturated rings. The van der Waals surface area contributed by atoms with Crippen LogP contribution >= 0.6 is 0 Å². The van der Waals surface area contributed by atoms with Crippen molar-refractivity contribution in [3.05, 3.63) is 54.5 Å². The maximum Gasteiger partial charge on any atom is 0.264 e. The Morgan fingerprint density at radius 3 is 2.61 bits per heavy atom. The van der Waals surface area contributed by atoms with Gasteiger partial charge in [-0.25, -0.2) is 13.2 Å². The minimum absolute atomic E-state index is 0.0588. The molecule has 0 spiro atoms. The summed E-state index contributed by atoms with van der Waals surface area (Å²) in [5.41, 5.74) is 2.72. The van der Waals surface area contributed by atoms with E-state index in [4.69, 9.17) is 4.74 Å². The zero-order valence-corrected chi connectivity index (χ0v) is 14.9. The van der Waals surface area contributed by atoms with E-state index in [1.165, 1.54) is 35.1 Å². The van der Waals surface area contributed by atoms with Crippen LogP contribution in [-0.2, 0) is 11.3 Å². The first-order valence-corrected chi connectivity index (χ1v) is 8.57. The zero-order chi connectivity index (χ0) is 19.9. The van der Waals surface area contributed by atoms with Crippen LogP contribution in [0.15, 0.2) is 48.7 Å². The second-order valence-electron chi connectivity index (χ2n) is 6.69. The van der Waals surface area contributed by atoms with Crippen LogP contribution in [0.4, 0.5) is 18.9 Å². The molecule has 0 saturated carbocycles. The van der Waals surface area contributed by atoms with Crippen molar-refractivity contribution in [2.45, 2.75) is 19.4 Å². The fourth-order valence-corrected chi connectivity index (χ4v) is 3.14. The molecular weight excluding hydrogens is 371 g/mol. The summed E-state index contributed by atoms with van der Waals surface area (Å²) >= 11 is 0. The molecule has 2 heterocycles. The predicted octanol–water partition coefficient (Wildman–Crippen LogP) is 4.34. The standard InChI is InChI=1S/C20H16F3N3O2/c1-20(22,23)11-26-19(12-2-5-14(21)6-3-12)15(9-24-26)13-4-7-17-16(8-13)25-18(27)10-28-17/h2-9H,10-11H2,1H3,(H,25,27). The molecule has 1 N–H and O–H groups in total. The Balaban J connectivity index is 1.84. The first kappa shape index (κ1) is 18.1. The van der Waals surface area contributed by atoms with E-state index in [2.05, 4.69) is 10.4 Å². The van der Waals surface area contributed by atoms with Crippen LogP contribution < -0.4 is 10.1 Å². The molecule has 144 valence electrons. The van der Waals surface area contributed by atoms with Gasteiger partial charge in [-0.05, 0) is 42.0 Å². The zero-order valence-electron chi connectivity index (χ0n) is 14.9. The molecule has 5 nitrogen and oxygen atoms in total. The number of anilines is 1. The van der Waals surface area contributed by atoms with Gasteiger partial charge in [0.2, 0.25) is 0 Å². The van der Waals surface area contributed by atoms with Crippen LogP contribution in [0.3, 0.4) is 0 Å². The molecule has 0 radical (unpaired) electrons. The fourth-order valence-electron chi connectivity index (χ4n) is 3.14. The highest BCUT2D eigenvalue weighted by molar-refractivity contribution is 5.96. The Bertz CT molecular complexity index is 1040. The third kappa shape index (κ3) is 3.58. The SMILES string of the molecule is CC(F)(F)Cn1ncc(-c2ccc3c(c2)NC(=O)CO3)c1-c1ccc(F)cc1. The highest BCUT2D eigenvalue weighted by Crippen LogP contribution is 2.38. The van der Waals surface area contributed by atoms with Crippen molar-refractivity contribution in [3.63, 3.8) is 0 Å². The number of nitrogens with zero attached hydrogens (tertiary/aromatic N) is 2. The second kappa shape index (κ2) is 6.70. The third-order valence-electron chi connectivity index (χ3n) is 4.31. The smallest absolute Gasteiger partial charge is 0.264 e. The van der Waals surface area contributed by atoms with Gasteiger partial charge in [-0.3, -0.25) is 9.48 Å². The number of rotatable bonds is 4. The number of amides is 1. The highest BCUT2D eigenvalue weighted by atomic mass is 19.3. The van der Waals surface area contributed by atoms with Gasteiger partial charge in [-0.1, -0.05) is 6.07 Å². The topological polar surface area (TPSA) is 56.2 Å². The van der Waals surface area contributed by atoms with Gasteiger partial charge in [-0.15, -0.1) is 0 Å². The number of ether oxygens (including phenoxy) is 1. The van der Waals surface area contributed by atoms with E-state index in [1.807, 2.05) is 0 Å². The molecule has 0 atom stereocenters. The van der Waals surface area contributed by atoms with Gasteiger partial charge < -0.3 is 10.1 Å². The fraction of sp³-hybridized carbons (Fsp3) is 0.200. The second-order valence-corrected chi connectivity index (χ2v) is 6.69. The van der Waals surface area contributed by atoms with E-state index >= 15 is 0 Å². The van der Waals surface area contributed by atoms with Gasteiger partial charge in [0.1, 0.15) is 18.1 Å². The summed E-state index contributed by atoms with van der Waals surface area (Å²) in [5.74, 6) is -3.15. The van der Waals surface area contributed by atoms with E-state index in [1.54, 1.807) is 18.2 Å². The number of fused-ring (bicyclic) bond motifs is 1. The molecule has 0 unspecified atom stereocenters. The van der Waals surface area contributed by atoms with Crippen molar-refractivity contribution in [2.24, 2.45) is 0 Å². The number of benzene rings is 2.